The largest absolute Gasteiger partial charge is 2.00 e. The molecule has 0 aromatic heterocycles. The number of nitrogens with zero attached hydrogens (tertiary/aromatic N) is 2. The minimum absolute atomic E-state index is 0. The van der Waals surface area contributed by atoms with E-state index in [1.54, 1.807) is 0 Å². The first-order chi connectivity index (χ1) is 20.9. The van der Waals surface area contributed by atoms with Crippen molar-refractivity contribution in [1.82, 2.24) is 0 Å². The van der Waals surface area contributed by atoms with Crippen LogP contribution in [0.1, 0.15) is 142 Å². The topological polar surface area (TPSA) is 51.4 Å². The van der Waals surface area contributed by atoms with Crippen LogP contribution < -0.4 is 4.99 Å². The second-order valence-corrected chi connectivity index (χ2v) is 26.4. The van der Waals surface area contributed by atoms with Crippen molar-refractivity contribution in [2.24, 2.45) is 5.41 Å². The van der Waals surface area contributed by atoms with Crippen LogP contribution in [0.4, 0.5) is 11.4 Å². The average molecular weight is 709 g/mol. The van der Waals surface area contributed by atoms with Gasteiger partial charge in [-0.1, -0.05) is 168 Å². The first kappa shape index (κ1) is 48.6. The van der Waals surface area contributed by atoms with E-state index >= 15 is 0 Å². The van der Waals surface area contributed by atoms with Crippen molar-refractivity contribution in [2.45, 2.75) is 159 Å². The number of nitrogens with one attached hydrogen (secondary N) is 1. The normalized spacial score (nSPS) is 12.4. The van der Waals surface area contributed by atoms with Crippen molar-refractivity contribution in [1.29, 1.82) is 0 Å². The number of ether oxygens (including phenoxy) is 1. The molecule has 0 spiro atoms. The Morgan fingerprint density at radius 1 is 0.660 bits per heavy atom. The van der Waals surface area contributed by atoms with Crippen molar-refractivity contribution in [3.8, 4) is 0 Å². The Hall–Kier alpha value is -0.476. The van der Waals surface area contributed by atoms with Crippen molar-refractivity contribution in [3.63, 3.8) is 0 Å². The second kappa shape index (κ2) is 22.4. The van der Waals surface area contributed by atoms with E-state index in [1.165, 1.54) is 27.9 Å². The van der Waals surface area contributed by atoms with Gasteiger partial charge in [-0.2, -0.15) is 0 Å². The SMILES string of the molecule is CC(C)c1cccc(C(C)C)c1[N-]C(CC(C)(C)C)=[NH+]c1c(C(C)C)cccc1C(C)C.CCOCC.C[Si](C)(C)[N-][Si](C)(C)C.[Ca+2]. The first-order valence-corrected chi connectivity index (χ1v) is 24.7. The van der Waals surface area contributed by atoms with E-state index in [0.717, 1.165) is 31.2 Å². The van der Waals surface area contributed by atoms with Crippen LogP contribution in [0.5, 0.6) is 0 Å². The molecular weight excluding hydrogens is 635 g/mol. The Bertz CT molecular complexity index is 1120. The fraction of sp³-hybridized carbons (Fsp3) is 0.675. The van der Waals surface area contributed by atoms with Gasteiger partial charge in [-0.3, -0.25) is 0 Å². The third-order valence-electron chi connectivity index (χ3n) is 7.01. The Balaban J connectivity index is 0. The zero-order chi connectivity index (χ0) is 36.0. The number of hydrogen-bond acceptors (Lipinski definition) is 1. The average Bonchev–Trinajstić information content (AvgIpc) is 2.86. The van der Waals surface area contributed by atoms with Crippen LogP contribution in [0.2, 0.25) is 39.3 Å². The Kier molecular flexibility index (Phi) is 23.1. The Labute approximate surface area is 325 Å². The van der Waals surface area contributed by atoms with Gasteiger partial charge in [0.2, 0.25) is 0 Å². The van der Waals surface area contributed by atoms with Gasteiger partial charge in [0.05, 0.1) is 5.69 Å². The summed E-state index contributed by atoms with van der Waals surface area (Å²) >= 11 is 0. The van der Waals surface area contributed by atoms with Crippen LogP contribution in [-0.4, -0.2) is 73.3 Å². The van der Waals surface area contributed by atoms with E-state index in [0.29, 0.717) is 23.7 Å². The number of hydrogen-bond donors (Lipinski definition) is 1. The minimum atomic E-state index is -1.11. The van der Waals surface area contributed by atoms with Crippen LogP contribution in [-0.2, 0) is 4.74 Å². The van der Waals surface area contributed by atoms with Crippen molar-refractivity contribution >= 4 is 71.4 Å². The maximum absolute atomic E-state index is 5.39. The van der Waals surface area contributed by atoms with E-state index in [4.69, 9.17) is 14.7 Å². The predicted molar refractivity (Wildman–Crippen MR) is 220 cm³/mol. The third kappa shape index (κ3) is 20.7. The molecule has 0 aliphatic carbocycles. The molecule has 264 valence electrons. The summed E-state index contributed by atoms with van der Waals surface area (Å²) in [6.07, 6.45) is 0.890. The maximum atomic E-state index is 5.39. The van der Waals surface area contributed by atoms with Gasteiger partial charge in [-0.25, -0.2) is 5.32 Å². The van der Waals surface area contributed by atoms with Crippen LogP contribution in [0, 0.1) is 5.41 Å². The predicted octanol–water partition coefficient (Wildman–Crippen LogP) is 12.1. The fourth-order valence-electron chi connectivity index (χ4n) is 5.44. The molecule has 0 atom stereocenters. The standard InChI is InChI=1S/C30H45N2.C6H18NSi2.C4H10O.Ca/c1-19(2)23-14-12-15-24(20(3)4)28(23)31-27(18-30(9,10)11)32-29-25(21(5)6)16-13-17-26(29)22(7)8;1-8(2,3)7-9(4,5)6;1-3-5-4-2;/h12-17,19-22H,18H2,1-11H3;1-6H3;3-4H2,1-2H3;/q2*-1;;+2/p+1. The van der Waals surface area contributed by atoms with Gasteiger partial charge in [0.25, 0.3) is 0 Å². The number of amidine groups is 1. The maximum Gasteiger partial charge on any atom is 2.00 e. The molecule has 0 heterocycles. The van der Waals surface area contributed by atoms with Crippen LogP contribution in [0.25, 0.3) is 9.96 Å². The zero-order valence-electron chi connectivity index (χ0n) is 34.4. The summed E-state index contributed by atoms with van der Waals surface area (Å²) in [5.74, 6) is 2.81. The Morgan fingerprint density at radius 2 is 1.00 bits per heavy atom. The molecule has 0 fully saturated rings. The number of rotatable bonds is 11. The van der Waals surface area contributed by atoms with Crippen LogP contribution >= 0.6 is 0 Å². The molecule has 47 heavy (non-hydrogen) atoms. The summed E-state index contributed by atoms with van der Waals surface area (Å²) in [6, 6.07) is 13.4. The molecule has 0 amide bonds. The molecule has 2 aromatic rings. The smallest absolute Gasteiger partial charge is 0.668 e. The van der Waals surface area contributed by atoms with E-state index in [1.807, 2.05) is 13.8 Å². The van der Waals surface area contributed by atoms with Crippen molar-refractivity contribution in [2.75, 3.05) is 13.2 Å². The summed E-state index contributed by atoms with van der Waals surface area (Å²) in [5.41, 5.74) is 7.89. The van der Waals surface area contributed by atoms with Crippen LogP contribution in [0.15, 0.2) is 36.4 Å². The van der Waals surface area contributed by atoms with Gasteiger partial charge in [-0.15, -0.1) is 0 Å². The molecule has 0 aliphatic heterocycles. The van der Waals surface area contributed by atoms with Crippen molar-refractivity contribution in [3.05, 3.63) is 68.6 Å². The minimum Gasteiger partial charge on any atom is -0.668 e. The van der Waals surface area contributed by atoms with Gasteiger partial charge in [-0.05, 0) is 65.2 Å². The van der Waals surface area contributed by atoms with Gasteiger partial charge in [0.15, 0.2) is 0 Å². The molecule has 0 aliphatic rings. The van der Waals surface area contributed by atoms with E-state index < -0.39 is 16.5 Å². The fourth-order valence-corrected chi connectivity index (χ4v) is 13.5. The zero-order valence-corrected chi connectivity index (χ0v) is 38.6. The van der Waals surface area contributed by atoms with E-state index in [2.05, 4.69) is 157 Å². The van der Waals surface area contributed by atoms with Gasteiger partial charge in [0, 0.05) is 25.3 Å². The summed E-state index contributed by atoms with van der Waals surface area (Å²) < 4.78 is 9.65. The summed E-state index contributed by atoms with van der Waals surface area (Å²) in [4.78, 5) is 3.87. The Morgan fingerprint density at radius 3 is 1.23 bits per heavy atom. The molecule has 2 rings (SSSR count). The molecule has 7 heteroatoms. The molecule has 0 saturated carbocycles. The van der Waals surface area contributed by atoms with Gasteiger partial charge >= 0.3 is 37.7 Å². The van der Waals surface area contributed by atoms with Gasteiger partial charge in [0.1, 0.15) is 5.84 Å². The van der Waals surface area contributed by atoms with Gasteiger partial charge < -0.3 is 14.4 Å². The van der Waals surface area contributed by atoms with Crippen molar-refractivity contribution < 1.29 is 9.73 Å². The second-order valence-electron chi connectivity index (χ2n) is 16.9. The molecular formula is C40H74CaN3OSi2+. The molecule has 0 saturated heterocycles. The summed E-state index contributed by atoms with van der Waals surface area (Å²) in [5, 5.41) is 5.39. The van der Waals surface area contributed by atoms with E-state index in [9.17, 15) is 0 Å². The monoisotopic (exact) mass is 708 g/mol. The summed E-state index contributed by atoms with van der Waals surface area (Å²) in [7, 11) is -2.21. The van der Waals surface area contributed by atoms with Crippen LogP contribution in [0.3, 0.4) is 0 Å². The first-order valence-electron chi connectivity index (χ1n) is 17.9. The summed E-state index contributed by atoms with van der Waals surface area (Å²) in [6.45, 7) is 44.5. The molecule has 0 radical (unpaired) electrons. The number of benzene rings is 2. The number of para-hydroxylation sites is 2. The molecule has 2 aromatic carbocycles. The molecule has 0 unspecified atom stereocenters. The third-order valence-corrected chi connectivity index (χ3v) is 12.4. The van der Waals surface area contributed by atoms with E-state index in [-0.39, 0.29) is 43.2 Å². The molecule has 0 bridgehead atoms. The quantitative estimate of drug-likeness (QED) is 0.141. The molecule has 4 nitrogen and oxygen atoms in total. The molecule has 1 N–H and O–H groups in total.